The van der Waals surface area contributed by atoms with E-state index in [1.54, 1.807) is 29.1 Å². The molecule has 2 aromatic heterocycles. The Balaban J connectivity index is 1.36. The van der Waals surface area contributed by atoms with Gasteiger partial charge in [-0.05, 0) is 49.7 Å². The maximum atomic E-state index is 12.3. The third-order valence-electron chi connectivity index (χ3n) is 4.76. The summed E-state index contributed by atoms with van der Waals surface area (Å²) in [6.07, 6.45) is 1.56. The van der Waals surface area contributed by atoms with Crippen molar-refractivity contribution in [2.45, 2.75) is 26.4 Å². The van der Waals surface area contributed by atoms with Crippen molar-refractivity contribution in [1.82, 2.24) is 20.4 Å². The number of aromatic nitrogens is 2. The normalized spacial score (nSPS) is 13.1. The van der Waals surface area contributed by atoms with Gasteiger partial charge in [-0.3, -0.25) is 14.3 Å². The van der Waals surface area contributed by atoms with Crippen molar-refractivity contribution in [2.75, 3.05) is 13.3 Å². The third kappa shape index (κ3) is 4.14. The number of hydrogen-bond acceptors (Lipinski definition) is 6. The molecule has 1 aromatic carbocycles. The van der Waals surface area contributed by atoms with E-state index in [0.717, 1.165) is 17.0 Å². The lowest BCUT2D eigenvalue weighted by molar-refractivity contribution is -0.139. The van der Waals surface area contributed by atoms with E-state index in [1.807, 2.05) is 32.0 Å². The van der Waals surface area contributed by atoms with E-state index in [4.69, 9.17) is 13.9 Å². The van der Waals surface area contributed by atoms with Crippen molar-refractivity contribution in [1.29, 1.82) is 0 Å². The predicted octanol–water partition coefficient (Wildman–Crippen LogP) is 1.84. The largest absolute Gasteiger partial charge is 0.467 e. The minimum Gasteiger partial charge on any atom is -0.467 e. The summed E-state index contributed by atoms with van der Waals surface area (Å²) in [7, 11) is 0. The highest BCUT2D eigenvalue weighted by molar-refractivity contribution is 6.35. The van der Waals surface area contributed by atoms with Gasteiger partial charge in [-0.1, -0.05) is 6.07 Å². The number of furan rings is 1. The second-order valence-electron chi connectivity index (χ2n) is 6.98. The minimum atomic E-state index is -0.728. The van der Waals surface area contributed by atoms with Crippen molar-refractivity contribution in [3.63, 3.8) is 0 Å². The summed E-state index contributed by atoms with van der Waals surface area (Å²) in [5, 5.41) is 9.75. The second-order valence-corrected chi connectivity index (χ2v) is 6.98. The van der Waals surface area contributed by atoms with Crippen LogP contribution in [0, 0.1) is 13.8 Å². The molecule has 3 heterocycles. The second kappa shape index (κ2) is 8.32. The van der Waals surface area contributed by atoms with Crippen molar-refractivity contribution in [3.8, 4) is 11.5 Å². The number of fused-ring (bicyclic) bond motifs is 1. The van der Waals surface area contributed by atoms with E-state index < -0.39 is 11.8 Å². The van der Waals surface area contributed by atoms with Crippen LogP contribution in [0.4, 0.5) is 0 Å². The Labute approximate surface area is 173 Å². The van der Waals surface area contributed by atoms with Crippen molar-refractivity contribution >= 4 is 11.8 Å². The molecule has 9 heteroatoms. The molecule has 1 atom stereocenters. The zero-order valence-electron chi connectivity index (χ0n) is 16.7. The number of nitrogens with zero attached hydrogens (tertiary/aromatic N) is 2. The summed E-state index contributed by atoms with van der Waals surface area (Å²) in [6, 6.07) is 10.5. The molecule has 1 aliphatic rings. The van der Waals surface area contributed by atoms with Crippen LogP contribution < -0.4 is 20.1 Å². The molecule has 1 aliphatic heterocycles. The lowest BCUT2D eigenvalue weighted by Crippen LogP contribution is -2.42. The van der Waals surface area contributed by atoms with Crippen LogP contribution in [0.15, 0.2) is 47.1 Å². The van der Waals surface area contributed by atoms with Gasteiger partial charge >= 0.3 is 11.8 Å². The molecule has 0 aliphatic carbocycles. The minimum absolute atomic E-state index is 0.158. The molecular formula is C21H22N4O5. The molecule has 0 fully saturated rings. The molecule has 156 valence electrons. The summed E-state index contributed by atoms with van der Waals surface area (Å²) in [5.41, 5.74) is 2.59. The van der Waals surface area contributed by atoms with Gasteiger partial charge < -0.3 is 24.5 Å². The van der Waals surface area contributed by atoms with E-state index >= 15 is 0 Å². The van der Waals surface area contributed by atoms with Gasteiger partial charge in [0.05, 0.1) is 12.0 Å². The molecule has 2 N–H and O–H groups in total. The smallest absolute Gasteiger partial charge is 0.309 e. The predicted molar refractivity (Wildman–Crippen MR) is 106 cm³/mol. The number of nitrogens with one attached hydrogen (secondary N) is 2. The molecule has 2 amide bonds. The fourth-order valence-corrected chi connectivity index (χ4v) is 3.33. The van der Waals surface area contributed by atoms with E-state index in [-0.39, 0.29) is 25.9 Å². The van der Waals surface area contributed by atoms with Crippen LogP contribution in [-0.2, 0) is 16.1 Å². The van der Waals surface area contributed by atoms with Gasteiger partial charge in [0.15, 0.2) is 11.5 Å². The average molecular weight is 410 g/mol. The van der Waals surface area contributed by atoms with Crippen molar-refractivity contribution in [2.24, 2.45) is 0 Å². The van der Waals surface area contributed by atoms with Gasteiger partial charge in [-0.2, -0.15) is 5.10 Å². The van der Waals surface area contributed by atoms with E-state index in [2.05, 4.69) is 15.7 Å². The monoisotopic (exact) mass is 410 g/mol. The van der Waals surface area contributed by atoms with Gasteiger partial charge in [0.1, 0.15) is 11.8 Å². The highest BCUT2D eigenvalue weighted by Crippen LogP contribution is 2.32. The molecule has 3 aromatic rings. The molecule has 9 nitrogen and oxygen atoms in total. The maximum Gasteiger partial charge on any atom is 0.309 e. The number of amides is 2. The Morgan fingerprint density at radius 3 is 2.63 bits per heavy atom. The Bertz CT molecular complexity index is 1060. The molecule has 4 rings (SSSR count). The van der Waals surface area contributed by atoms with Crippen LogP contribution in [0.1, 0.15) is 28.8 Å². The lowest BCUT2D eigenvalue weighted by atomic mass is 10.2. The number of carbonyl (C=O) groups is 2. The highest BCUT2D eigenvalue weighted by atomic mass is 16.7. The van der Waals surface area contributed by atoms with Crippen LogP contribution in [0.2, 0.25) is 0 Å². The van der Waals surface area contributed by atoms with E-state index in [9.17, 15) is 9.59 Å². The summed E-state index contributed by atoms with van der Waals surface area (Å²) in [4.78, 5) is 24.6. The van der Waals surface area contributed by atoms with Crippen LogP contribution in [-0.4, -0.2) is 34.9 Å². The number of aryl methyl sites for hydroxylation is 2. The van der Waals surface area contributed by atoms with E-state index in [1.165, 1.54) is 0 Å². The molecule has 0 spiro atoms. The highest BCUT2D eigenvalue weighted by Gasteiger charge is 2.22. The fourth-order valence-electron chi connectivity index (χ4n) is 3.33. The number of hydrogen-bond donors (Lipinski definition) is 2. The molecule has 0 bridgehead atoms. The molecule has 0 saturated heterocycles. The standard InChI is InChI=1S/C21H22N4O5/c1-13-8-14(2)25(24-13)16(17-4-3-7-28-17)11-23-21(27)20(26)22-10-15-5-6-18-19(9-15)30-12-29-18/h3-9,16H,10-12H2,1-2H3,(H,22,26)(H,23,27). The van der Waals surface area contributed by atoms with Crippen molar-refractivity contribution < 1.29 is 23.5 Å². The van der Waals surface area contributed by atoms with Gasteiger partial charge in [-0.25, -0.2) is 0 Å². The zero-order valence-corrected chi connectivity index (χ0v) is 16.7. The van der Waals surface area contributed by atoms with Crippen LogP contribution >= 0.6 is 0 Å². The fraction of sp³-hybridized carbons (Fsp3) is 0.286. The first-order chi connectivity index (χ1) is 14.5. The van der Waals surface area contributed by atoms with Gasteiger partial charge in [0.2, 0.25) is 6.79 Å². The summed E-state index contributed by atoms with van der Waals surface area (Å²) < 4.78 is 17.9. The Morgan fingerprint density at radius 2 is 1.90 bits per heavy atom. The first kappa shape index (κ1) is 19.6. The molecule has 30 heavy (non-hydrogen) atoms. The van der Waals surface area contributed by atoms with Gasteiger partial charge in [0, 0.05) is 18.8 Å². The van der Waals surface area contributed by atoms with E-state index in [0.29, 0.717) is 17.3 Å². The maximum absolute atomic E-state index is 12.3. The Morgan fingerprint density at radius 1 is 1.10 bits per heavy atom. The van der Waals surface area contributed by atoms with Gasteiger partial charge in [-0.15, -0.1) is 0 Å². The van der Waals surface area contributed by atoms with Gasteiger partial charge in [0.25, 0.3) is 0 Å². The molecule has 1 unspecified atom stereocenters. The summed E-state index contributed by atoms with van der Waals surface area (Å²) >= 11 is 0. The quantitative estimate of drug-likeness (QED) is 0.601. The zero-order chi connectivity index (χ0) is 21.1. The first-order valence-electron chi connectivity index (χ1n) is 9.52. The summed E-state index contributed by atoms with van der Waals surface area (Å²) in [5.74, 6) is 0.476. The molecule has 0 radical (unpaired) electrons. The average Bonchev–Trinajstić information content (AvgIpc) is 3.47. The third-order valence-corrected chi connectivity index (χ3v) is 4.76. The number of rotatable bonds is 6. The topological polar surface area (TPSA) is 108 Å². The van der Waals surface area contributed by atoms with Crippen LogP contribution in [0.25, 0.3) is 0 Å². The first-order valence-corrected chi connectivity index (χ1v) is 9.52. The summed E-state index contributed by atoms with van der Waals surface area (Å²) in [6.45, 7) is 4.36. The van der Waals surface area contributed by atoms with Crippen LogP contribution in [0.5, 0.6) is 11.5 Å². The Hall–Kier alpha value is -3.75. The Kier molecular flexibility index (Phi) is 5.42. The van der Waals surface area contributed by atoms with Crippen LogP contribution in [0.3, 0.4) is 0 Å². The lowest BCUT2D eigenvalue weighted by Gasteiger charge is -2.18. The SMILES string of the molecule is Cc1cc(C)n(C(CNC(=O)C(=O)NCc2ccc3c(c2)OCO3)c2ccco2)n1. The number of benzene rings is 1. The molecular weight excluding hydrogens is 388 g/mol. The number of ether oxygens (including phenoxy) is 2. The molecule has 0 saturated carbocycles. The van der Waals surface area contributed by atoms with Crippen molar-refractivity contribution in [3.05, 3.63) is 65.4 Å². The number of carbonyl (C=O) groups excluding carboxylic acids is 2.